The molecule has 0 aromatic heterocycles. The van der Waals surface area contributed by atoms with E-state index in [0.717, 1.165) is 53.2 Å². The third-order valence-corrected chi connectivity index (χ3v) is 12.8. The summed E-state index contributed by atoms with van der Waals surface area (Å²) in [7, 11) is 1.63. The lowest BCUT2D eigenvalue weighted by atomic mass is 9.70. The van der Waals surface area contributed by atoms with Crippen molar-refractivity contribution in [2.45, 2.75) is 124 Å². The number of hydrogen-bond acceptors (Lipinski definition) is 8. The Labute approximate surface area is 326 Å². The summed E-state index contributed by atoms with van der Waals surface area (Å²) in [5, 5.41) is 1.79. The number of allylic oxidation sites excluding steroid dienone is 5. The highest BCUT2D eigenvalue weighted by atomic mass is 16.5. The van der Waals surface area contributed by atoms with Gasteiger partial charge in [0.05, 0.1) is 13.5 Å². The monoisotopic (exact) mass is 750 g/mol. The molecule has 6 unspecified atom stereocenters. The average Bonchev–Trinajstić information content (AvgIpc) is 3.56. The second kappa shape index (κ2) is 16.4. The summed E-state index contributed by atoms with van der Waals surface area (Å²) < 4.78 is 18.3. The quantitative estimate of drug-likeness (QED) is 0.116. The lowest BCUT2D eigenvalue weighted by Crippen LogP contribution is -2.39. The molecule has 6 rings (SSSR count). The molecule has 55 heavy (non-hydrogen) atoms. The summed E-state index contributed by atoms with van der Waals surface area (Å²) in [6.07, 6.45) is 12.0. The largest absolute Gasteiger partial charge is 0.497 e. The van der Waals surface area contributed by atoms with E-state index in [1.54, 1.807) is 13.2 Å². The van der Waals surface area contributed by atoms with Crippen molar-refractivity contribution in [2.24, 2.45) is 34.5 Å². The van der Waals surface area contributed by atoms with Crippen LogP contribution in [0.3, 0.4) is 0 Å². The summed E-state index contributed by atoms with van der Waals surface area (Å²) in [4.78, 5) is 67.6. The smallest absolute Gasteiger partial charge is 0.306 e. The van der Waals surface area contributed by atoms with Crippen molar-refractivity contribution in [3.8, 4) is 11.5 Å². The molecule has 2 aromatic rings. The molecule has 4 aliphatic carbocycles. The highest BCUT2D eigenvalue weighted by Gasteiger charge is 2.59. The van der Waals surface area contributed by atoms with Crippen LogP contribution in [0, 0.1) is 34.5 Å². The molecule has 6 atom stereocenters. The molecule has 8 heteroatoms. The molecule has 0 aliphatic heterocycles. The van der Waals surface area contributed by atoms with Crippen molar-refractivity contribution in [1.29, 1.82) is 0 Å². The van der Waals surface area contributed by atoms with Crippen molar-refractivity contribution >= 4 is 45.4 Å². The summed E-state index contributed by atoms with van der Waals surface area (Å²) in [5.41, 5.74) is 1.69. The molecule has 0 N–H and O–H groups in total. The maximum Gasteiger partial charge on any atom is 0.306 e. The third-order valence-electron chi connectivity index (χ3n) is 12.8. The zero-order chi connectivity index (χ0) is 39.7. The van der Waals surface area contributed by atoms with Gasteiger partial charge >= 0.3 is 5.97 Å². The van der Waals surface area contributed by atoms with Gasteiger partial charge in [-0.15, -0.1) is 6.58 Å². The molecule has 0 spiro atoms. The minimum atomic E-state index is -0.771. The van der Waals surface area contributed by atoms with Crippen LogP contribution in [0.5, 0.6) is 11.5 Å². The van der Waals surface area contributed by atoms with Gasteiger partial charge in [-0.25, -0.2) is 0 Å². The number of carbonyl (C=O) groups excluding carboxylic acids is 5. The highest BCUT2D eigenvalue weighted by molar-refractivity contribution is 5.98. The Morgan fingerprint density at radius 2 is 1.73 bits per heavy atom. The normalized spacial score (nSPS) is 25.6. The van der Waals surface area contributed by atoms with Gasteiger partial charge in [-0.3, -0.25) is 24.0 Å². The molecule has 0 amide bonds. The summed E-state index contributed by atoms with van der Waals surface area (Å²) in [6, 6.07) is 9.91. The fourth-order valence-electron chi connectivity index (χ4n) is 9.24. The number of methoxy groups -OCH3 is 1. The number of ketones is 4. The van der Waals surface area contributed by atoms with E-state index < -0.39 is 34.7 Å². The van der Waals surface area contributed by atoms with E-state index >= 15 is 0 Å². The van der Waals surface area contributed by atoms with E-state index in [0.29, 0.717) is 50.0 Å². The molecule has 0 radical (unpaired) electrons. The van der Waals surface area contributed by atoms with Gasteiger partial charge in [0.15, 0.2) is 0 Å². The van der Waals surface area contributed by atoms with E-state index in [1.165, 1.54) is 6.92 Å². The fourth-order valence-corrected chi connectivity index (χ4v) is 9.24. The predicted octanol–water partition coefficient (Wildman–Crippen LogP) is 9.55. The number of ether oxygens (including phenoxy) is 3. The molecular formula is C47H58O8. The summed E-state index contributed by atoms with van der Waals surface area (Å²) >= 11 is 0. The number of benzene rings is 2. The summed E-state index contributed by atoms with van der Waals surface area (Å²) in [6.45, 7) is 13.2. The van der Waals surface area contributed by atoms with Crippen LogP contribution in [-0.4, -0.2) is 48.4 Å². The molecule has 294 valence electrons. The van der Waals surface area contributed by atoms with Crippen molar-refractivity contribution in [2.75, 3.05) is 7.11 Å². The van der Waals surface area contributed by atoms with Crippen LogP contribution in [0.25, 0.3) is 16.3 Å². The van der Waals surface area contributed by atoms with Gasteiger partial charge in [-0.05, 0) is 116 Å². The van der Waals surface area contributed by atoms with Crippen molar-refractivity contribution in [3.05, 3.63) is 66.3 Å². The first-order valence-electron chi connectivity index (χ1n) is 20.2. The molecule has 3 fully saturated rings. The average molecular weight is 751 g/mol. The van der Waals surface area contributed by atoms with E-state index in [1.807, 2.05) is 52.0 Å². The molecule has 8 nitrogen and oxygen atoms in total. The minimum absolute atomic E-state index is 0.0298. The van der Waals surface area contributed by atoms with Crippen LogP contribution in [0.4, 0.5) is 0 Å². The van der Waals surface area contributed by atoms with Gasteiger partial charge in [0, 0.05) is 47.8 Å². The Kier molecular flexibility index (Phi) is 12.0. The Hall–Kier alpha value is -4.33. The molecule has 0 heterocycles. The topological polar surface area (TPSA) is 113 Å². The van der Waals surface area contributed by atoms with Gasteiger partial charge in [0.2, 0.25) is 0 Å². The van der Waals surface area contributed by atoms with Crippen LogP contribution in [0.1, 0.15) is 117 Å². The Morgan fingerprint density at radius 1 is 1.00 bits per heavy atom. The standard InChI is InChI=1S/C47H58O8/c1-8-33-26-47(33,28(3)48)27-42(50)39-23-37(24-40(39)45(52)41(46(4,5)6)25-44(51)55-35-12-10-11-13-35)54-43-22-31(20-32-21-36(53-7)16-17-38(32)43)30-15-14-29(18-30)19-34(49)9-2/h8,15-18,20-22,33,35,37,39-41H,1,9-14,19,23-27H2,2-7H3. The van der Waals surface area contributed by atoms with Crippen molar-refractivity contribution in [3.63, 3.8) is 0 Å². The van der Waals surface area contributed by atoms with Crippen LogP contribution < -0.4 is 9.47 Å². The maximum atomic E-state index is 14.8. The Morgan fingerprint density at radius 3 is 2.36 bits per heavy atom. The third kappa shape index (κ3) is 8.89. The van der Waals surface area contributed by atoms with Crippen LogP contribution >= 0.6 is 0 Å². The molecule has 4 aliphatic rings. The van der Waals surface area contributed by atoms with Gasteiger partial charge in [-0.1, -0.05) is 51.5 Å². The van der Waals surface area contributed by atoms with E-state index in [4.69, 9.17) is 14.2 Å². The number of hydrogen-bond donors (Lipinski definition) is 0. The lowest BCUT2D eigenvalue weighted by molar-refractivity contribution is -0.154. The Bertz CT molecular complexity index is 1920. The molecule has 0 bridgehead atoms. The first kappa shape index (κ1) is 40.3. The van der Waals surface area contributed by atoms with Crippen LogP contribution in [-0.2, 0) is 28.7 Å². The number of rotatable bonds is 17. The lowest BCUT2D eigenvalue weighted by Gasteiger charge is -2.32. The number of fused-ring (bicyclic) bond motifs is 1. The fraction of sp³-hybridized carbons (Fsp3) is 0.553. The van der Waals surface area contributed by atoms with Crippen LogP contribution in [0.15, 0.2) is 60.7 Å². The van der Waals surface area contributed by atoms with E-state index in [2.05, 4.69) is 24.8 Å². The van der Waals surface area contributed by atoms with Gasteiger partial charge < -0.3 is 14.2 Å². The Balaban J connectivity index is 1.32. The number of carbonyl (C=O) groups is 5. The van der Waals surface area contributed by atoms with Gasteiger partial charge in [0.1, 0.15) is 46.8 Å². The highest BCUT2D eigenvalue weighted by Crippen LogP contribution is 2.58. The number of Topliss-reactive ketones (excluding diaryl/α,β-unsaturated/α-hetero) is 4. The molecule has 0 saturated heterocycles. The zero-order valence-electron chi connectivity index (χ0n) is 33.5. The van der Waals surface area contributed by atoms with Crippen molar-refractivity contribution in [1.82, 2.24) is 0 Å². The van der Waals surface area contributed by atoms with E-state index in [9.17, 15) is 24.0 Å². The first-order chi connectivity index (χ1) is 26.1. The van der Waals surface area contributed by atoms with Crippen LogP contribution in [0.2, 0.25) is 0 Å². The second-order valence-electron chi connectivity index (χ2n) is 17.5. The zero-order valence-corrected chi connectivity index (χ0v) is 33.5. The number of esters is 1. The molecule has 3 saturated carbocycles. The second-order valence-corrected chi connectivity index (χ2v) is 17.5. The van der Waals surface area contributed by atoms with Gasteiger partial charge in [0.25, 0.3) is 0 Å². The van der Waals surface area contributed by atoms with Gasteiger partial charge in [-0.2, -0.15) is 0 Å². The first-order valence-corrected chi connectivity index (χ1v) is 20.2. The predicted molar refractivity (Wildman–Crippen MR) is 214 cm³/mol. The summed E-state index contributed by atoms with van der Waals surface area (Å²) in [5.74, 6) is -1.14. The SMILES string of the molecule is C=CC1CC1(CC(=O)C1CC(Oc2cc(C3=CCC(CC(=O)CC)=C3)cc3cc(OC)ccc23)CC1C(=O)C(CC(=O)OC1CCCC1)C(C)(C)C)C(C)=O. The van der Waals surface area contributed by atoms with E-state index in [-0.39, 0.29) is 54.0 Å². The minimum Gasteiger partial charge on any atom is -0.497 e. The molecule has 2 aromatic carbocycles. The maximum absolute atomic E-state index is 14.8. The van der Waals surface area contributed by atoms with Crippen molar-refractivity contribution < 1.29 is 38.2 Å². The molecular weight excluding hydrogens is 693 g/mol.